The van der Waals surface area contributed by atoms with Crippen molar-refractivity contribution in [1.82, 2.24) is 0 Å². The molecule has 0 saturated carbocycles. The summed E-state index contributed by atoms with van der Waals surface area (Å²) in [5, 5.41) is 3.80. The summed E-state index contributed by atoms with van der Waals surface area (Å²) >= 11 is 1.51. The first kappa shape index (κ1) is 13.8. The third kappa shape index (κ3) is 2.23. The van der Waals surface area contributed by atoms with Crippen molar-refractivity contribution in [2.24, 2.45) is 0 Å². The molecule has 1 aliphatic rings. The fourth-order valence-electron chi connectivity index (χ4n) is 2.67. The number of para-hydroxylation sites is 1. The molecule has 108 valence electrons. The standard InChI is InChI=1S/C16H15NO3S/c1-10-8-21-9-13(10)15(18)17-7-12(16(19)20-2)11-5-3-4-6-14(11)17/h3-6,8-9,12H,7H2,1-2H3. The van der Waals surface area contributed by atoms with Gasteiger partial charge in [0.05, 0.1) is 12.7 Å². The van der Waals surface area contributed by atoms with Gasteiger partial charge >= 0.3 is 5.97 Å². The number of carbonyl (C=O) groups excluding carboxylic acids is 2. The van der Waals surface area contributed by atoms with Crippen molar-refractivity contribution >= 4 is 28.9 Å². The zero-order chi connectivity index (χ0) is 15.0. The van der Waals surface area contributed by atoms with Gasteiger partial charge < -0.3 is 9.64 Å². The van der Waals surface area contributed by atoms with Crippen molar-refractivity contribution in [3.05, 3.63) is 51.7 Å². The van der Waals surface area contributed by atoms with Crippen LogP contribution in [-0.2, 0) is 9.53 Å². The summed E-state index contributed by atoms with van der Waals surface area (Å²) in [6.07, 6.45) is 0. The molecule has 0 N–H and O–H groups in total. The van der Waals surface area contributed by atoms with Gasteiger partial charge in [-0.25, -0.2) is 0 Å². The number of thiophene rings is 1. The van der Waals surface area contributed by atoms with Crippen LogP contribution in [0.15, 0.2) is 35.0 Å². The molecule has 1 unspecified atom stereocenters. The molecule has 2 heterocycles. The molecule has 1 aromatic carbocycles. The quantitative estimate of drug-likeness (QED) is 0.801. The largest absolute Gasteiger partial charge is 0.468 e. The van der Waals surface area contributed by atoms with E-state index in [0.29, 0.717) is 12.1 Å². The SMILES string of the molecule is COC(=O)C1CN(C(=O)c2cscc2C)c2ccccc21. The highest BCUT2D eigenvalue weighted by atomic mass is 32.1. The maximum absolute atomic E-state index is 12.7. The molecular formula is C16H15NO3S. The predicted molar refractivity (Wildman–Crippen MR) is 81.9 cm³/mol. The first-order valence-electron chi connectivity index (χ1n) is 6.65. The van der Waals surface area contributed by atoms with E-state index < -0.39 is 5.92 Å². The number of rotatable bonds is 2. The number of fused-ring (bicyclic) bond motifs is 1. The number of benzene rings is 1. The summed E-state index contributed by atoms with van der Waals surface area (Å²) in [6.45, 7) is 2.25. The average Bonchev–Trinajstić information content (AvgIpc) is 3.09. The van der Waals surface area contributed by atoms with Gasteiger partial charge in [0.1, 0.15) is 5.92 Å². The Labute approximate surface area is 127 Å². The van der Waals surface area contributed by atoms with Crippen LogP contribution < -0.4 is 4.90 Å². The van der Waals surface area contributed by atoms with Gasteiger partial charge in [-0.3, -0.25) is 9.59 Å². The number of anilines is 1. The van der Waals surface area contributed by atoms with Crippen LogP contribution in [0.2, 0.25) is 0 Å². The Balaban J connectivity index is 2.00. The Morgan fingerprint density at radius 1 is 1.29 bits per heavy atom. The fraction of sp³-hybridized carbons (Fsp3) is 0.250. The van der Waals surface area contributed by atoms with Gasteiger partial charge in [0.15, 0.2) is 0 Å². The number of carbonyl (C=O) groups is 2. The normalized spacial score (nSPS) is 16.7. The lowest BCUT2D eigenvalue weighted by Gasteiger charge is -2.17. The number of hydrogen-bond acceptors (Lipinski definition) is 4. The first-order chi connectivity index (χ1) is 10.1. The topological polar surface area (TPSA) is 46.6 Å². The van der Waals surface area contributed by atoms with E-state index in [-0.39, 0.29) is 11.9 Å². The van der Waals surface area contributed by atoms with Gasteiger partial charge in [0.25, 0.3) is 5.91 Å². The van der Waals surface area contributed by atoms with Crippen LogP contribution in [0.5, 0.6) is 0 Å². The van der Waals surface area contributed by atoms with E-state index in [2.05, 4.69) is 0 Å². The van der Waals surface area contributed by atoms with E-state index in [1.165, 1.54) is 18.4 Å². The van der Waals surface area contributed by atoms with E-state index >= 15 is 0 Å². The summed E-state index contributed by atoms with van der Waals surface area (Å²) < 4.78 is 4.86. The third-order valence-corrected chi connectivity index (χ3v) is 4.65. The molecule has 0 saturated heterocycles. The van der Waals surface area contributed by atoms with Gasteiger partial charge in [-0.1, -0.05) is 18.2 Å². The lowest BCUT2D eigenvalue weighted by molar-refractivity contribution is -0.141. The highest BCUT2D eigenvalue weighted by molar-refractivity contribution is 7.08. The number of esters is 1. The van der Waals surface area contributed by atoms with E-state index in [4.69, 9.17) is 4.74 Å². The van der Waals surface area contributed by atoms with Crippen LogP contribution >= 0.6 is 11.3 Å². The molecular weight excluding hydrogens is 286 g/mol. The molecule has 0 fully saturated rings. The van der Waals surface area contributed by atoms with Crippen LogP contribution in [0, 0.1) is 6.92 Å². The van der Waals surface area contributed by atoms with Gasteiger partial charge in [-0.2, -0.15) is 11.3 Å². The molecule has 1 aromatic heterocycles. The maximum atomic E-state index is 12.7. The van der Waals surface area contributed by atoms with Gasteiger partial charge in [-0.15, -0.1) is 0 Å². The van der Waals surface area contributed by atoms with Gasteiger partial charge in [0, 0.05) is 17.6 Å². The van der Waals surface area contributed by atoms with E-state index in [1.807, 2.05) is 41.9 Å². The second-order valence-electron chi connectivity index (χ2n) is 5.02. The van der Waals surface area contributed by atoms with Crippen molar-refractivity contribution in [1.29, 1.82) is 0 Å². The number of methoxy groups -OCH3 is 1. The minimum Gasteiger partial charge on any atom is -0.468 e. The molecule has 0 aliphatic carbocycles. The van der Waals surface area contributed by atoms with Crippen molar-refractivity contribution in [3.8, 4) is 0 Å². The van der Waals surface area contributed by atoms with Crippen LogP contribution in [0.4, 0.5) is 5.69 Å². The Kier molecular flexibility index (Phi) is 3.51. The second-order valence-corrected chi connectivity index (χ2v) is 5.76. The number of aryl methyl sites for hydroxylation is 1. The molecule has 1 amide bonds. The lowest BCUT2D eigenvalue weighted by atomic mass is 10.0. The zero-order valence-corrected chi connectivity index (χ0v) is 12.6. The Morgan fingerprint density at radius 3 is 2.71 bits per heavy atom. The average molecular weight is 301 g/mol. The third-order valence-electron chi connectivity index (χ3n) is 3.78. The molecule has 4 nitrogen and oxygen atoms in total. The minimum atomic E-state index is -0.408. The van der Waals surface area contributed by atoms with Crippen LogP contribution in [0.25, 0.3) is 0 Å². The molecule has 5 heteroatoms. The van der Waals surface area contributed by atoms with E-state index in [9.17, 15) is 9.59 Å². The minimum absolute atomic E-state index is 0.0624. The second kappa shape index (κ2) is 5.33. The predicted octanol–water partition coefficient (Wildman–Crippen LogP) is 2.97. The number of hydrogen-bond donors (Lipinski definition) is 0. The summed E-state index contributed by atoms with van der Waals surface area (Å²) in [5.74, 6) is -0.776. The van der Waals surface area contributed by atoms with Crippen molar-refractivity contribution in [2.45, 2.75) is 12.8 Å². The van der Waals surface area contributed by atoms with Crippen LogP contribution in [0.1, 0.15) is 27.4 Å². The smallest absolute Gasteiger partial charge is 0.315 e. The zero-order valence-electron chi connectivity index (χ0n) is 11.8. The Bertz CT molecular complexity index is 707. The first-order valence-corrected chi connectivity index (χ1v) is 7.59. The van der Waals surface area contributed by atoms with Crippen LogP contribution in [-0.4, -0.2) is 25.5 Å². The Morgan fingerprint density at radius 2 is 2.05 bits per heavy atom. The van der Waals surface area contributed by atoms with Crippen LogP contribution in [0.3, 0.4) is 0 Å². The summed E-state index contributed by atoms with van der Waals surface area (Å²) in [6, 6.07) is 7.50. The highest BCUT2D eigenvalue weighted by Crippen LogP contribution is 2.38. The molecule has 2 aromatic rings. The van der Waals surface area contributed by atoms with E-state index in [1.54, 1.807) is 4.90 Å². The summed E-state index contributed by atoms with van der Waals surface area (Å²) in [7, 11) is 1.37. The monoisotopic (exact) mass is 301 g/mol. The number of nitrogens with zero attached hydrogens (tertiary/aromatic N) is 1. The lowest BCUT2D eigenvalue weighted by Crippen LogP contribution is -2.31. The molecule has 1 atom stereocenters. The van der Waals surface area contributed by atoms with E-state index in [0.717, 1.165) is 16.8 Å². The molecule has 1 aliphatic heterocycles. The molecule has 3 rings (SSSR count). The summed E-state index contributed by atoms with van der Waals surface area (Å²) in [5.41, 5.74) is 3.30. The fourth-order valence-corrected chi connectivity index (χ4v) is 3.49. The maximum Gasteiger partial charge on any atom is 0.315 e. The van der Waals surface area contributed by atoms with Crippen molar-refractivity contribution in [3.63, 3.8) is 0 Å². The number of ether oxygens (including phenoxy) is 1. The van der Waals surface area contributed by atoms with Gasteiger partial charge in [0.2, 0.25) is 0 Å². The molecule has 0 spiro atoms. The molecule has 21 heavy (non-hydrogen) atoms. The highest BCUT2D eigenvalue weighted by Gasteiger charge is 2.37. The van der Waals surface area contributed by atoms with Gasteiger partial charge in [-0.05, 0) is 29.5 Å². The number of amides is 1. The molecule has 0 bridgehead atoms. The Hall–Kier alpha value is -2.14. The molecule has 0 radical (unpaired) electrons. The van der Waals surface area contributed by atoms with Crippen molar-refractivity contribution < 1.29 is 14.3 Å². The van der Waals surface area contributed by atoms with Crippen molar-refractivity contribution in [2.75, 3.05) is 18.6 Å². The summed E-state index contributed by atoms with van der Waals surface area (Å²) in [4.78, 5) is 26.3.